The molecular weight excluding hydrogens is 182 g/mol. The van der Waals surface area contributed by atoms with Gasteiger partial charge >= 0.3 is 0 Å². The van der Waals surface area contributed by atoms with Crippen LogP contribution >= 0.6 is 0 Å². The van der Waals surface area contributed by atoms with E-state index in [1.807, 2.05) is 0 Å². The third-order valence-corrected chi connectivity index (χ3v) is 2.92. The molecule has 12 heavy (non-hydrogen) atoms. The Kier molecular flexibility index (Phi) is 4.60. The minimum Gasteiger partial charge on any atom is -0.368 e. The summed E-state index contributed by atoms with van der Waals surface area (Å²) in [5.41, 5.74) is 6.64. The third-order valence-electron chi connectivity index (χ3n) is 1.24. The molecule has 0 saturated carbocycles. The average Bonchev–Trinajstić information content (AvgIpc) is 2.04. The maximum Gasteiger partial charge on any atom is 0.212 e. The Morgan fingerprint density at radius 3 is 2.67 bits per heavy atom. The first kappa shape index (κ1) is 11.2. The molecule has 0 aliphatic heterocycles. The van der Waals surface area contributed by atoms with Crippen LogP contribution < -0.4 is 11.2 Å². The van der Waals surface area contributed by atoms with Gasteiger partial charge in [0, 0.05) is 5.75 Å². The highest BCUT2D eigenvalue weighted by molar-refractivity contribution is 7.91. The van der Waals surface area contributed by atoms with Gasteiger partial charge in [0.15, 0.2) is 9.84 Å². The Labute approximate surface area is 71.4 Å². The summed E-state index contributed by atoms with van der Waals surface area (Å²) in [6, 6.07) is 0. The highest BCUT2D eigenvalue weighted by Crippen LogP contribution is 1.88. The maximum atomic E-state index is 10.9. The van der Waals surface area contributed by atoms with E-state index < -0.39 is 9.84 Å². The molecule has 0 radical (unpaired) electrons. The number of nitrogens with one attached hydrogen (secondary N) is 1. The van der Waals surface area contributed by atoms with Crippen molar-refractivity contribution in [1.29, 1.82) is 0 Å². The van der Waals surface area contributed by atoms with Gasteiger partial charge in [0.2, 0.25) is 5.96 Å². The standard InChI is InChI=1S/C5H13N3O3S/c1-2-12(10,11)4-3-7-5(6)8-9/h9H,2-4H2,1H3,(H3,6,7,8). The molecule has 0 amide bonds. The van der Waals surface area contributed by atoms with Gasteiger partial charge in [-0.1, -0.05) is 6.92 Å². The van der Waals surface area contributed by atoms with E-state index in [0.29, 0.717) is 0 Å². The molecule has 6 nitrogen and oxygen atoms in total. The van der Waals surface area contributed by atoms with Crippen LogP contribution in [0.4, 0.5) is 0 Å². The van der Waals surface area contributed by atoms with Crippen molar-refractivity contribution in [3.8, 4) is 0 Å². The molecule has 72 valence electrons. The SMILES string of the molecule is CCS(=O)(=O)CCN=C(N)NO. The maximum absolute atomic E-state index is 10.9. The largest absolute Gasteiger partial charge is 0.368 e. The molecule has 0 aromatic heterocycles. The van der Waals surface area contributed by atoms with Gasteiger partial charge in [-0.3, -0.25) is 10.2 Å². The molecule has 0 aliphatic carbocycles. The normalized spacial score (nSPS) is 13.0. The number of guanidine groups is 1. The Morgan fingerprint density at radius 2 is 2.25 bits per heavy atom. The Balaban J connectivity index is 3.86. The predicted molar refractivity (Wildman–Crippen MR) is 45.7 cm³/mol. The first-order valence-electron chi connectivity index (χ1n) is 3.42. The molecule has 0 aliphatic rings. The van der Waals surface area contributed by atoms with E-state index >= 15 is 0 Å². The van der Waals surface area contributed by atoms with Gasteiger partial charge < -0.3 is 5.73 Å². The lowest BCUT2D eigenvalue weighted by atomic mass is 10.8. The lowest BCUT2D eigenvalue weighted by molar-refractivity contribution is 0.232. The van der Waals surface area contributed by atoms with Crippen LogP contribution in [-0.4, -0.2) is 37.6 Å². The first-order valence-corrected chi connectivity index (χ1v) is 5.24. The molecule has 0 bridgehead atoms. The molecule has 0 saturated heterocycles. The van der Waals surface area contributed by atoms with Crippen molar-refractivity contribution in [3.05, 3.63) is 0 Å². The lowest BCUT2D eigenvalue weighted by Crippen LogP contribution is -2.29. The van der Waals surface area contributed by atoms with Crippen molar-refractivity contribution >= 4 is 15.8 Å². The van der Waals surface area contributed by atoms with Crippen LogP contribution in [0.5, 0.6) is 0 Å². The molecule has 0 unspecified atom stereocenters. The van der Waals surface area contributed by atoms with Gasteiger partial charge in [-0.2, -0.15) is 0 Å². The smallest absolute Gasteiger partial charge is 0.212 e. The van der Waals surface area contributed by atoms with Crippen molar-refractivity contribution < 1.29 is 13.6 Å². The second kappa shape index (κ2) is 4.94. The lowest BCUT2D eigenvalue weighted by Gasteiger charge is -1.98. The Hall–Kier alpha value is -0.820. The molecule has 7 heteroatoms. The Bertz CT molecular complexity index is 247. The quantitative estimate of drug-likeness (QED) is 0.294. The number of hydroxylamine groups is 1. The van der Waals surface area contributed by atoms with Crippen LogP contribution in [0.3, 0.4) is 0 Å². The molecule has 0 fully saturated rings. The molecule has 0 heterocycles. The molecule has 0 aromatic rings. The highest BCUT2D eigenvalue weighted by atomic mass is 32.2. The summed E-state index contributed by atoms with van der Waals surface area (Å²) in [6.07, 6.45) is 0. The summed E-state index contributed by atoms with van der Waals surface area (Å²) in [5, 5.41) is 8.17. The number of nitrogens with zero attached hydrogens (tertiary/aromatic N) is 1. The minimum absolute atomic E-state index is 0.0497. The van der Waals surface area contributed by atoms with E-state index in [4.69, 9.17) is 10.9 Å². The van der Waals surface area contributed by atoms with Crippen molar-refractivity contribution in [2.24, 2.45) is 10.7 Å². The molecule has 0 rings (SSSR count). The highest BCUT2D eigenvalue weighted by Gasteiger charge is 2.05. The van der Waals surface area contributed by atoms with Crippen LogP contribution in [0.1, 0.15) is 6.92 Å². The number of nitrogens with two attached hydrogens (primary N) is 1. The predicted octanol–water partition coefficient (Wildman–Crippen LogP) is -1.29. The van der Waals surface area contributed by atoms with Gasteiger partial charge in [-0.15, -0.1) is 0 Å². The van der Waals surface area contributed by atoms with Crippen molar-refractivity contribution in [1.82, 2.24) is 5.48 Å². The van der Waals surface area contributed by atoms with Gasteiger partial charge in [0.05, 0.1) is 12.3 Å². The molecule has 4 N–H and O–H groups in total. The minimum atomic E-state index is -3.00. The number of hydrogen-bond acceptors (Lipinski definition) is 4. The third kappa shape index (κ3) is 4.91. The van der Waals surface area contributed by atoms with E-state index in [0.717, 1.165) is 0 Å². The zero-order chi connectivity index (χ0) is 9.61. The average molecular weight is 195 g/mol. The fraction of sp³-hybridized carbons (Fsp3) is 0.800. The van der Waals surface area contributed by atoms with Gasteiger partial charge in [-0.25, -0.2) is 13.9 Å². The summed E-state index contributed by atoms with van der Waals surface area (Å²) in [5.74, 6) is -0.137. The van der Waals surface area contributed by atoms with E-state index in [-0.39, 0.29) is 24.0 Å². The van der Waals surface area contributed by atoms with Gasteiger partial charge in [0.25, 0.3) is 0 Å². The van der Waals surface area contributed by atoms with Crippen LogP contribution in [0, 0.1) is 0 Å². The number of hydrogen-bond donors (Lipinski definition) is 3. The molecular formula is C5H13N3O3S. The van der Waals surface area contributed by atoms with Crippen molar-refractivity contribution in [2.75, 3.05) is 18.1 Å². The molecule has 0 atom stereocenters. The summed E-state index contributed by atoms with van der Waals surface area (Å²) in [7, 11) is -3.00. The first-order chi connectivity index (χ1) is 5.52. The summed E-state index contributed by atoms with van der Waals surface area (Å²) in [4.78, 5) is 3.53. The number of aliphatic imine (C=N–C) groups is 1. The Morgan fingerprint density at radius 1 is 1.67 bits per heavy atom. The number of sulfone groups is 1. The monoisotopic (exact) mass is 195 g/mol. The fourth-order valence-corrected chi connectivity index (χ4v) is 1.14. The van der Waals surface area contributed by atoms with Gasteiger partial charge in [0.1, 0.15) is 0 Å². The van der Waals surface area contributed by atoms with Crippen molar-refractivity contribution in [2.45, 2.75) is 6.92 Å². The van der Waals surface area contributed by atoms with Crippen molar-refractivity contribution in [3.63, 3.8) is 0 Å². The van der Waals surface area contributed by atoms with Crippen LogP contribution in [0.2, 0.25) is 0 Å². The topological polar surface area (TPSA) is 105 Å². The zero-order valence-corrected chi connectivity index (χ0v) is 7.63. The van der Waals surface area contributed by atoms with E-state index in [9.17, 15) is 8.42 Å². The summed E-state index contributed by atoms with van der Waals surface area (Å²) >= 11 is 0. The van der Waals surface area contributed by atoms with E-state index in [1.165, 1.54) is 0 Å². The molecule has 0 aromatic carbocycles. The second-order valence-corrected chi connectivity index (χ2v) is 4.59. The van der Waals surface area contributed by atoms with Gasteiger partial charge in [-0.05, 0) is 0 Å². The number of rotatable bonds is 4. The van der Waals surface area contributed by atoms with E-state index in [2.05, 4.69) is 4.99 Å². The molecule has 0 spiro atoms. The zero-order valence-electron chi connectivity index (χ0n) is 6.82. The van der Waals surface area contributed by atoms with Crippen LogP contribution in [0.15, 0.2) is 4.99 Å². The fourth-order valence-electron chi connectivity index (χ4n) is 0.485. The summed E-state index contributed by atoms with van der Waals surface area (Å²) < 4.78 is 21.8. The van der Waals surface area contributed by atoms with E-state index in [1.54, 1.807) is 12.4 Å². The second-order valence-electron chi connectivity index (χ2n) is 2.12. The summed E-state index contributed by atoms with van der Waals surface area (Å²) in [6.45, 7) is 1.63. The van der Waals surface area contributed by atoms with Crippen LogP contribution in [0.25, 0.3) is 0 Å². The van der Waals surface area contributed by atoms with Crippen LogP contribution in [-0.2, 0) is 9.84 Å².